The molecule has 0 spiro atoms. The number of carbonyl (C=O) groups is 1. The standard InChI is InChI=1S/C14H13BrClNO2S/c1-9-2-4-10(5-3-9)17(8-13(18)19)7-11-6-12(15)14(16)20-11/h2-6H,7-8H2,1H3,(H,18,19). The molecular weight excluding hydrogens is 362 g/mol. The van der Waals surface area contributed by atoms with Crippen molar-refractivity contribution in [2.75, 3.05) is 11.4 Å². The molecule has 2 rings (SSSR count). The average molecular weight is 375 g/mol. The van der Waals surface area contributed by atoms with E-state index in [-0.39, 0.29) is 6.54 Å². The maximum absolute atomic E-state index is 11.0. The van der Waals surface area contributed by atoms with Crippen molar-refractivity contribution in [2.45, 2.75) is 13.5 Å². The fraction of sp³-hybridized carbons (Fsp3) is 0.214. The van der Waals surface area contributed by atoms with E-state index < -0.39 is 5.97 Å². The third-order valence-electron chi connectivity index (χ3n) is 2.77. The lowest BCUT2D eigenvalue weighted by atomic mass is 10.2. The highest BCUT2D eigenvalue weighted by Gasteiger charge is 2.14. The average Bonchev–Trinajstić information content (AvgIpc) is 2.68. The van der Waals surface area contributed by atoms with Gasteiger partial charge < -0.3 is 10.0 Å². The summed E-state index contributed by atoms with van der Waals surface area (Å²) >= 11 is 10.8. The summed E-state index contributed by atoms with van der Waals surface area (Å²) in [5.74, 6) is -0.854. The summed E-state index contributed by atoms with van der Waals surface area (Å²) in [4.78, 5) is 13.9. The Balaban J connectivity index is 2.23. The molecule has 0 fully saturated rings. The number of hydrogen-bond donors (Lipinski definition) is 1. The van der Waals surface area contributed by atoms with Crippen molar-refractivity contribution in [3.05, 3.63) is 49.6 Å². The van der Waals surface area contributed by atoms with Gasteiger partial charge in [-0.25, -0.2) is 0 Å². The minimum absolute atomic E-state index is 0.0454. The second kappa shape index (κ2) is 6.61. The van der Waals surface area contributed by atoms with Gasteiger partial charge >= 0.3 is 5.97 Å². The summed E-state index contributed by atoms with van der Waals surface area (Å²) < 4.78 is 1.53. The summed E-state index contributed by atoms with van der Waals surface area (Å²) in [5.41, 5.74) is 2.03. The number of hydrogen-bond acceptors (Lipinski definition) is 3. The van der Waals surface area contributed by atoms with Gasteiger partial charge in [0.05, 0.1) is 6.54 Å². The number of thiophene rings is 1. The van der Waals surface area contributed by atoms with E-state index in [1.807, 2.05) is 42.2 Å². The minimum Gasteiger partial charge on any atom is -0.480 e. The molecule has 0 aliphatic carbocycles. The van der Waals surface area contributed by atoms with Crippen molar-refractivity contribution in [1.82, 2.24) is 0 Å². The molecule has 1 aromatic carbocycles. The van der Waals surface area contributed by atoms with Gasteiger partial charge in [-0.2, -0.15) is 0 Å². The molecule has 0 radical (unpaired) electrons. The molecule has 0 atom stereocenters. The Hall–Kier alpha value is -1.04. The third kappa shape index (κ3) is 3.98. The van der Waals surface area contributed by atoms with Crippen LogP contribution in [0.25, 0.3) is 0 Å². The van der Waals surface area contributed by atoms with Crippen LogP contribution in [-0.4, -0.2) is 17.6 Å². The summed E-state index contributed by atoms with van der Waals surface area (Å²) in [6, 6.07) is 9.74. The van der Waals surface area contributed by atoms with E-state index in [0.29, 0.717) is 10.9 Å². The molecule has 0 aliphatic heterocycles. The van der Waals surface area contributed by atoms with E-state index in [4.69, 9.17) is 16.7 Å². The molecule has 0 saturated heterocycles. The topological polar surface area (TPSA) is 40.5 Å². The molecule has 1 aromatic heterocycles. The van der Waals surface area contributed by atoms with Crippen LogP contribution in [0.3, 0.4) is 0 Å². The molecule has 106 valence electrons. The lowest BCUT2D eigenvalue weighted by Gasteiger charge is -2.22. The molecule has 0 bridgehead atoms. The van der Waals surface area contributed by atoms with Crippen LogP contribution >= 0.6 is 38.9 Å². The molecule has 2 aromatic rings. The van der Waals surface area contributed by atoms with Crippen molar-refractivity contribution < 1.29 is 9.90 Å². The zero-order valence-electron chi connectivity index (χ0n) is 10.8. The van der Waals surface area contributed by atoms with Gasteiger partial charge in [0.15, 0.2) is 0 Å². The molecule has 1 heterocycles. The number of halogens is 2. The van der Waals surface area contributed by atoms with Gasteiger partial charge in [-0.1, -0.05) is 29.3 Å². The van der Waals surface area contributed by atoms with E-state index in [0.717, 1.165) is 20.6 Å². The molecular formula is C14H13BrClNO2S. The van der Waals surface area contributed by atoms with E-state index in [1.165, 1.54) is 11.3 Å². The summed E-state index contributed by atoms with van der Waals surface area (Å²) in [7, 11) is 0. The first-order chi connectivity index (χ1) is 9.45. The highest BCUT2D eigenvalue weighted by molar-refractivity contribution is 9.10. The molecule has 0 saturated carbocycles. The highest BCUT2D eigenvalue weighted by Crippen LogP contribution is 2.33. The van der Waals surface area contributed by atoms with Gasteiger partial charge in [0, 0.05) is 15.0 Å². The summed E-state index contributed by atoms with van der Waals surface area (Å²) in [6.45, 7) is 2.48. The maximum Gasteiger partial charge on any atom is 0.323 e. The first kappa shape index (κ1) is 15.4. The number of anilines is 1. The monoisotopic (exact) mass is 373 g/mol. The van der Waals surface area contributed by atoms with E-state index in [9.17, 15) is 4.79 Å². The zero-order chi connectivity index (χ0) is 14.7. The second-order valence-corrected chi connectivity index (χ2v) is 7.01. The van der Waals surface area contributed by atoms with Crippen molar-refractivity contribution in [3.63, 3.8) is 0 Å². The Labute approximate surface area is 134 Å². The molecule has 6 heteroatoms. The van der Waals surface area contributed by atoms with Crippen LogP contribution < -0.4 is 4.90 Å². The fourth-order valence-electron chi connectivity index (χ4n) is 1.81. The van der Waals surface area contributed by atoms with Gasteiger partial charge in [0.2, 0.25) is 0 Å². The van der Waals surface area contributed by atoms with Crippen LogP contribution in [0.15, 0.2) is 34.8 Å². The lowest BCUT2D eigenvalue weighted by Crippen LogP contribution is -2.28. The Morgan fingerprint density at radius 2 is 2.05 bits per heavy atom. The highest BCUT2D eigenvalue weighted by atomic mass is 79.9. The van der Waals surface area contributed by atoms with Crippen LogP contribution in [0.2, 0.25) is 4.34 Å². The summed E-state index contributed by atoms with van der Waals surface area (Å²) in [6.07, 6.45) is 0. The normalized spacial score (nSPS) is 10.6. The second-order valence-electron chi connectivity index (χ2n) is 4.42. The molecule has 1 N–H and O–H groups in total. The van der Waals surface area contributed by atoms with Gasteiger partial charge in [-0.15, -0.1) is 11.3 Å². The van der Waals surface area contributed by atoms with Crippen molar-refractivity contribution in [2.24, 2.45) is 0 Å². The number of rotatable bonds is 5. The largest absolute Gasteiger partial charge is 0.480 e. The summed E-state index contributed by atoms with van der Waals surface area (Å²) in [5, 5.41) is 9.06. The number of aliphatic carboxylic acids is 1. The number of carboxylic acids is 1. The quantitative estimate of drug-likeness (QED) is 0.834. The SMILES string of the molecule is Cc1ccc(N(CC(=O)O)Cc2cc(Br)c(Cl)s2)cc1. The van der Waals surface area contributed by atoms with Crippen LogP contribution in [0, 0.1) is 6.92 Å². The Morgan fingerprint density at radius 1 is 1.40 bits per heavy atom. The number of carboxylic acid groups (broad SMARTS) is 1. The molecule has 0 unspecified atom stereocenters. The Morgan fingerprint density at radius 3 is 2.55 bits per heavy atom. The number of benzene rings is 1. The first-order valence-corrected chi connectivity index (χ1v) is 7.91. The van der Waals surface area contributed by atoms with Crippen molar-refractivity contribution >= 4 is 50.5 Å². The van der Waals surface area contributed by atoms with Gasteiger partial charge in [0.1, 0.15) is 10.9 Å². The van der Waals surface area contributed by atoms with E-state index >= 15 is 0 Å². The van der Waals surface area contributed by atoms with Crippen LogP contribution in [0.5, 0.6) is 0 Å². The predicted octanol–water partition coefficient (Wildman–Crippen LogP) is 4.56. The number of aryl methyl sites for hydroxylation is 1. The maximum atomic E-state index is 11.0. The molecule has 20 heavy (non-hydrogen) atoms. The Bertz CT molecular complexity index is 593. The minimum atomic E-state index is -0.854. The van der Waals surface area contributed by atoms with E-state index in [2.05, 4.69) is 15.9 Å². The third-order valence-corrected chi connectivity index (χ3v) is 5.23. The lowest BCUT2D eigenvalue weighted by molar-refractivity contribution is -0.135. The predicted molar refractivity (Wildman–Crippen MR) is 86.9 cm³/mol. The van der Waals surface area contributed by atoms with Crippen molar-refractivity contribution in [1.29, 1.82) is 0 Å². The van der Waals surface area contributed by atoms with Gasteiger partial charge in [0.25, 0.3) is 0 Å². The molecule has 0 aliphatic rings. The molecule has 0 amide bonds. The van der Waals surface area contributed by atoms with Gasteiger partial charge in [-0.05, 0) is 41.1 Å². The van der Waals surface area contributed by atoms with Gasteiger partial charge in [-0.3, -0.25) is 4.79 Å². The van der Waals surface area contributed by atoms with Crippen LogP contribution in [0.1, 0.15) is 10.4 Å². The van der Waals surface area contributed by atoms with Crippen molar-refractivity contribution in [3.8, 4) is 0 Å². The van der Waals surface area contributed by atoms with E-state index in [1.54, 1.807) is 0 Å². The Kier molecular flexibility index (Phi) is 5.07. The van der Waals surface area contributed by atoms with Crippen LogP contribution in [0.4, 0.5) is 5.69 Å². The first-order valence-electron chi connectivity index (χ1n) is 5.93. The smallest absolute Gasteiger partial charge is 0.323 e. The van der Waals surface area contributed by atoms with Crippen LogP contribution in [-0.2, 0) is 11.3 Å². The number of nitrogens with zero attached hydrogens (tertiary/aromatic N) is 1. The molecule has 3 nitrogen and oxygen atoms in total. The fourth-order valence-corrected chi connectivity index (χ4v) is 3.62. The zero-order valence-corrected chi connectivity index (χ0v) is 13.9.